The van der Waals surface area contributed by atoms with Crippen LogP contribution in [-0.4, -0.2) is 27.7 Å². The van der Waals surface area contributed by atoms with Gasteiger partial charge in [0.2, 0.25) is 5.91 Å². The van der Waals surface area contributed by atoms with E-state index in [0.29, 0.717) is 0 Å². The van der Waals surface area contributed by atoms with Crippen molar-refractivity contribution in [1.82, 2.24) is 20.1 Å². The maximum atomic E-state index is 10.8. The van der Waals surface area contributed by atoms with Gasteiger partial charge in [-0.05, 0) is 6.92 Å². The summed E-state index contributed by atoms with van der Waals surface area (Å²) in [6.07, 6.45) is 1.43. The molecule has 0 saturated carbocycles. The molecule has 0 spiro atoms. The molecular weight excluding hydrogens is 144 g/mol. The number of carbonyl (C=O) groups is 1. The SMILES string of the molecule is CNC(=O)Cn1ncnc1C. The third kappa shape index (κ3) is 1.76. The first-order valence-electron chi connectivity index (χ1n) is 3.29. The van der Waals surface area contributed by atoms with E-state index in [1.807, 2.05) is 0 Å². The highest BCUT2D eigenvalue weighted by Gasteiger charge is 2.02. The minimum absolute atomic E-state index is 0.0707. The van der Waals surface area contributed by atoms with Crippen molar-refractivity contribution in [2.45, 2.75) is 13.5 Å². The molecular formula is C6H10N4O. The molecule has 1 aromatic heterocycles. The number of rotatable bonds is 2. The smallest absolute Gasteiger partial charge is 0.241 e. The van der Waals surface area contributed by atoms with Crippen molar-refractivity contribution in [3.05, 3.63) is 12.2 Å². The van der Waals surface area contributed by atoms with E-state index < -0.39 is 0 Å². The second-order valence-electron chi connectivity index (χ2n) is 2.14. The Kier molecular flexibility index (Phi) is 2.20. The molecule has 1 rings (SSSR count). The van der Waals surface area contributed by atoms with Crippen LogP contribution in [0.1, 0.15) is 5.82 Å². The van der Waals surface area contributed by atoms with E-state index >= 15 is 0 Å². The minimum Gasteiger partial charge on any atom is -0.358 e. The number of aromatic nitrogens is 3. The molecule has 1 N–H and O–H groups in total. The highest BCUT2D eigenvalue weighted by molar-refractivity contribution is 5.75. The Balaban J connectivity index is 2.64. The molecule has 5 heteroatoms. The van der Waals surface area contributed by atoms with Crippen LogP contribution in [0.25, 0.3) is 0 Å². The van der Waals surface area contributed by atoms with Gasteiger partial charge in [-0.3, -0.25) is 4.79 Å². The summed E-state index contributed by atoms with van der Waals surface area (Å²) in [6.45, 7) is 2.04. The highest BCUT2D eigenvalue weighted by atomic mass is 16.1. The van der Waals surface area contributed by atoms with Gasteiger partial charge >= 0.3 is 0 Å². The third-order valence-corrected chi connectivity index (χ3v) is 1.38. The summed E-state index contributed by atoms with van der Waals surface area (Å²) in [5.41, 5.74) is 0. The third-order valence-electron chi connectivity index (χ3n) is 1.38. The van der Waals surface area contributed by atoms with Gasteiger partial charge in [-0.25, -0.2) is 9.67 Å². The van der Waals surface area contributed by atoms with E-state index in [0.717, 1.165) is 5.82 Å². The molecule has 0 bridgehead atoms. The zero-order valence-corrected chi connectivity index (χ0v) is 6.53. The van der Waals surface area contributed by atoms with Gasteiger partial charge in [0.15, 0.2) is 0 Å². The van der Waals surface area contributed by atoms with Crippen molar-refractivity contribution < 1.29 is 4.79 Å². The maximum Gasteiger partial charge on any atom is 0.241 e. The predicted octanol–water partition coefficient (Wildman–Crippen LogP) is -0.667. The summed E-state index contributed by atoms with van der Waals surface area (Å²) in [5.74, 6) is 0.673. The topological polar surface area (TPSA) is 59.8 Å². The Morgan fingerprint density at radius 3 is 3.00 bits per heavy atom. The van der Waals surface area contributed by atoms with Crippen LogP contribution in [0.5, 0.6) is 0 Å². The van der Waals surface area contributed by atoms with Gasteiger partial charge in [0.25, 0.3) is 0 Å². The molecule has 0 aliphatic rings. The van der Waals surface area contributed by atoms with Crippen LogP contribution in [0.4, 0.5) is 0 Å². The first kappa shape index (κ1) is 7.71. The zero-order chi connectivity index (χ0) is 8.27. The van der Waals surface area contributed by atoms with Gasteiger partial charge < -0.3 is 5.32 Å². The molecule has 0 aliphatic heterocycles. The second-order valence-corrected chi connectivity index (χ2v) is 2.14. The lowest BCUT2D eigenvalue weighted by molar-refractivity contribution is -0.121. The van der Waals surface area contributed by atoms with Gasteiger partial charge in [0.05, 0.1) is 0 Å². The Labute approximate surface area is 64.4 Å². The largest absolute Gasteiger partial charge is 0.358 e. The number of hydrogen-bond donors (Lipinski definition) is 1. The molecule has 0 radical (unpaired) electrons. The number of likely N-dealkylation sites (N-methyl/N-ethyl adjacent to an activating group) is 1. The van der Waals surface area contributed by atoms with Crippen LogP contribution >= 0.6 is 0 Å². The lowest BCUT2D eigenvalue weighted by Crippen LogP contribution is -2.24. The molecule has 0 unspecified atom stereocenters. The average Bonchev–Trinajstić information content (AvgIpc) is 2.37. The van der Waals surface area contributed by atoms with Gasteiger partial charge in [0.1, 0.15) is 18.7 Å². The van der Waals surface area contributed by atoms with E-state index in [-0.39, 0.29) is 12.5 Å². The standard InChI is InChI=1S/C6H10N4O/c1-5-8-4-9-10(5)3-6(11)7-2/h4H,3H2,1-2H3,(H,7,11). The molecule has 1 amide bonds. The van der Waals surface area contributed by atoms with Crippen LogP contribution in [-0.2, 0) is 11.3 Å². The Morgan fingerprint density at radius 2 is 2.55 bits per heavy atom. The molecule has 1 heterocycles. The normalized spacial score (nSPS) is 9.64. The molecule has 1 aromatic rings. The summed E-state index contributed by atoms with van der Waals surface area (Å²) in [6, 6.07) is 0. The molecule has 0 saturated heterocycles. The minimum atomic E-state index is -0.0707. The van der Waals surface area contributed by atoms with Gasteiger partial charge in [-0.1, -0.05) is 0 Å². The number of carbonyl (C=O) groups excluding carboxylic acids is 1. The van der Waals surface area contributed by atoms with Crippen molar-refractivity contribution in [3.8, 4) is 0 Å². The predicted molar refractivity (Wildman–Crippen MR) is 38.8 cm³/mol. The van der Waals surface area contributed by atoms with Crippen molar-refractivity contribution >= 4 is 5.91 Å². The van der Waals surface area contributed by atoms with Crippen molar-refractivity contribution in [2.75, 3.05) is 7.05 Å². The fourth-order valence-corrected chi connectivity index (χ4v) is 0.692. The number of hydrogen-bond acceptors (Lipinski definition) is 3. The lowest BCUT2D eigenvalue weighted by atomic mass is 10.5. The van der Waals surface area contributed by atoms with E-state index in [1.54, 1.807) is 18.7 Å². The summed E-state index contributed by atoms with van der Waals surface area (Å²) >= 11 is 0. The molecule has 0 fully saturated rings. The van der Waals surface area contributed by atoms with E-state index in [9.17, 15) is 4.79 Å². The molecule has 0 atom stereocenters. The summed E-state index contributed by atoms with van der Waals surface area (Å²) in [4.78, 5) is 14.7. The Bertz CT molecular complexity index is 255. The number of nitrogens with one attached hydrogen (secondary N) is 1. The first-order valence-corrected chi connectivity index (χ1v) is 3.29. The van der Waals surface area contributed by atoms with E-state index in [4.69, 9.17) is 0 Å². The van der Waals surface area contributed by atoms with Crippen molar-refractivity contribution in [1.29, 1.82) is 0 Å². The van der Waals surface area contributed by atoms with Gasteiger partial charge in [0, 0.05) is 7.05 Å². The fourth-order valence-electron chi connectivity index (χ4n) is 0.692. The van der Waals surface area contributed by atoms with Crippen LogP contribution < -0.4 is 5.32 Å². The second kappa shape index (κ2) is 3.14. The van der Waals surface area contributed by atoms with Crippen LogP contribution in [0.2, 0.25) is 0 Å². The molecule has 5 nitrogen and oxygen atoms in total. The van der Waals surface area contributed by atoms with Crippen LogP contribution in [0.15, 0.2) is 6.33 Å². The highest BCUT2D eigenvalue weighted by Crippen LogP contribution is 1.88. The lowest BCUT2D eigenvalue weighted by Gasteiger charge is -2.00. The molecule has 11 heavy (non-hydrogen) atoms. The fraction of sp³-hybridized carbons (Fsp3) is 0.500. The first-order chi connectivity index (χ1) is 5.24. The quantitative estimate of drug-likeness (QED) is 0.614. The van der Waals surface area contributed by atoms with Crippen molar-refractivity contribution in [2.24, 2.45) is 0 Å². The Morgan fingerprint density at radius 1 is 1.82 bits per heavy atom. The summed E-state index contributed by atoms with van der Waals surface area (Å²) in [7, 11) is 1.59. The maximum absolute atomic E-state index is 10.8. The van der Waals surface area contributed by atoms with E-state index in [1.165, 1.54) is 6.33 Å². The zero-order valence-electron chi connectivity index (χ0n) is 6.53. The summed E-state index contributed by atoms with van der Waals surface area (Å²) < 4.78 is 1.54. The van der Waals surface area contributed by atoms with Crippen LogP contribution in [0, 0.1) is 6.92 Å². The van der Waals surface area contributed by atoms with Gasteiger partial charge in [-0.15, -0.1) is 0 Å². The monoisotopic (exact) mass is 154 g/mol. The van der Waals surface area contributed by atoms with Crippen molar-refractivity contribution in [3.63, 3.8) is 0 Å². The summed E-state index contributed by atoms with van der Waals surface area (Å²) in [5, 5.41) is 6.35. The molecule has 0 aliphatic carbocycles. The molecule has 60 valence electrons. The number of nitrogens with zero attached hydrogens (tertiary/aromatic N) is 3. The van der Waals surface area contributed by atoms with Crippen LogP contribution in [0.3, 0.4) is 0 Å². The number of amides is 1. The van der Waals surface area contributed by atoms with Gasteiger partial charge in [-0.2, -0.15) is 5.10 Å². The average molecular weight is 154 g/mol. The number of aryl methyl sites for hydroxylation is 1. The van der Waals surface area contributed by atoms with E-state index in [2.05, 4.69) is 15.4 Å². The molecule has 0 aromatic carbocycles. The Hall–Kier alpha value is -1.39.